The van der Waals surface area contributed by atoms with Crippen LogP contribution in [0.1, 0.15) is 0 Å². The predicted molar refractivity (Wildman–Crippen MR) is 72.2 cm³/mol. The van der Waals surface area contributed by atoms with Crippen LogP contribution in [0.2, 0.25) is 5.02 Å². The van der Waals surface area contributed by atoms with Crippen molar-refractivity contribution in [2.45, 2.75) is 0 Å². The average Bonchev–Trinajstić information content (AvgIpc) is 2.73. The molecule has 1 heterocycles. The Morgan fingerprint density at radius 3 is 2.59 bits per heavy atom. The average molecular weight is 309 g/mol. The Kier molecular flexibility index (Phi) is 2.65. The molecule has 3 aromatic rings. The van der Waals surface area contributed by atoms with Gasteiger partial charge in [0.15, 0.2) is 5.76 Å². The van der Waals surface area contributed by atoms with E-state index in [0.717, 1.165) is 26.7 Å². The Balaban J connectivity index is 2.23. The molecule has 3 rings (SSSR count). The Hall–Kier alpha value is -1.32. The molecule has 0 atom stereocenters. The molecule has 0 aliphatic carbocycles. The number of benzene rings is 2. The predicted octanol–water partition coefficient (Wildman–Crippen LogP) is 4.91. The van der Waals surface area contributed by atoms with E-state index in [9.17, 15) is 0 Å². The highest BCUT2D eigenvalue weighted by Gasteiger charge is 2.10. The van der Waals surface area contributed by atoms with Crippen LogP contribution in [-0.2, 0) is 0 Å². The van der Waals surface area contributed by atoms with Gasteiger partial charge in [-0.3, -0.25) is 0 Å². The van der Waals surface area contributed by atoms with E-state index in [-0.39, 0.29) is 0 Å². The van der Waals surface area contributed by atoms with Gasteiger partial charge in [0, 0.05) is 15.1 Å². The second-order valence-corrected chi connectivity index (χ2v) is 5.03. The lowest BCUT2D eigenvalue weighted by molar-refractivity contribution is 0.441. The molecule has 1 aromatic heterocycles. The molecule has 84 valence electrons. The summed E-state index contributed by atoms with van der Waals surface area (Å²) in [5.41, 5.74) is 1.81. The van der Waals surface area contributed by atoms with E-state index in [1.807, 2.05) is 42.5 Å². The maximum absolute atomic E-state index is 5.86. The molecule has 0 amide bonds. The zero-order valence-electron chi connectivity index (χ0n) is 8.65. The minimum absolute atomic E-state index is 0.707. The largest absolute Gasteiger partial charge is 0.355 e. The summed E-state index contributed by atoms with van der Waals surface area (Å²) in [6.07, 6.45) is 0. The topological polar surface area (TPSA) is 26.0 Å². The summed E-state index contributed by atoms with van der Waals surface area (Å²) in [6.45, 7) is 0. The highest BCUT2D eigenvalue weighted by Crippen LogP contribution is 2.31. The summed E-state index contributed by atoms with van der Waals surface area (Å²) >= 11 is 9.31. The Bertz CT molecular complexity index is 675. The summed E-state index contributed by atoms with van der Waals surface area (Å²) in [5.74, 6) is 0.762. The van der Waals surface area contributed by atoms with E-state index in [1.54, 1.807) is 0 Å². The fourth-order valence-corrected chi connectivity index (χ4v) is 2.21. The lowest BCUT2D eigenvalue weighted by Gasteiger charge is -1.97. The van der Waals surface area contributed by atoms with Gasteiger partial charge in [0.1, 0.15) is 5.52 Å². The molecular formula is C13H7BrClNO. The minimum atomic E-state index is 0.707. The number of halogens is 2. The zero-order chi connectivity index (χ0) is 11.8. The number of hydrogen-bond donors (Lipinski definition) is 0. The van der Waals surface area contributed by atoms with Crippen molar-refractivity contribution in [3.8, 4) is 11.3 Å². The molecule has 0 fully saturated rings. The molecule has 0 spiro atoms. The van der Waals surface area contributed by atoms with Crippen LogP contribution < -0.4 is 0 Å². The van der Waals surface area contributed by atoms with Crippen LogP contribution in [0.4, 0.5) is 0 Å². The van der Waals surface area contributed by atoms with Gasteiger partial charge in [-0.05, 0) is 42.5 Å². The van der Waals surface area contributed by atoms with Crippen molar-refractivity contribution in [1.82, 2.24) is 5.16 Å². The van der Waals surface area contributed by atoms with Crippen LogP contribution in [0.3, 0.4) is 0 Å². The van der Waals surface area contributed by atoms with Gasteiger partial charge in [0.25, 0.3) is 0 Å². The summed E-state index contributed by atoms with van der Waals surface area (Å²) in [7, 11) is 0. The second-order valence-electron chi connectivity index (χ2n) is 3.68. The molecule has 2 aromatic carbocycles. The maximum Gasteiger partial charge on any atom is 0.174 e. The van der Waals surface area contributed by atoms with Crippen LogP contribution in [0.5, 0.6) is 0 Å². The zero-order valence-corrected chi connectivity index (χ0v) is 11.0. The molecular weight excluding hydrogens is 302 g/mol. The fraction of sp³-hybridized carbons (Fsp3) is 0. The van der Waals surface area contributed by atoms with Gasteiger partial charge in [0.2, 0.25) is 0 Å². The Morgan fingerprint density at radius 2 is 1.82 bits per heavy atom. The first kappa shape index (κ1) is 10.8. The number of fused-ring (bicyclic) bond motifs is 1. The van der Waals surface area contributed by atoms with Gasteiger partial charge >= 0.3 is 0 Å². The lowest BCUT2D eigenvalue weighted by atomic mass is 10.1. The van der Waals surface area contributed by atoms with E-state index in [0.29, 0.717) is 5.02 Å². The maximum atomic E-state index is 5.86. The van der Waals surface area contributed by atoms with Crippen LogP contribution >= 0.6 is 27.5 Å². The minimum Gasteiger partial charge on any atom is -0.355 e. The number of aromatic nitrogens is 1. The van der Waals surface area contributed by atoms with Crippen LogP contribution in [0.25, 0.3) is 22.2 Å². The molecule has 0 unspecified atom stereocenters. The smallest absolute Gasteiger partial charge is 0.174 e. The van der Waals surface area contributed by atoms with Crippen LogP contribution in [-0.4, -0.2) is 5.16 Å². The van der Waals surface area contributed by atoms with Crippen LogP contribution in [0.15, 0.2) is 51.5 Å². The second kappa shape index (κ2) is 4.17. The van der Waals surface area contributed by atoms with Crippen molar-refractivity contribution in [3.63, 3.8) is 0 Å². The van der Waals surface area contributed by atoms with Gasteiger partial charge in [-0.2, -0.15) is 0 Å². The third-order valence-corrected chi connectivity index (χ3v) is 3.29. The van der Waals surface area contributed by atoms with Crippen molar-refractivity contribution in [2.24, 2.45) is 0 Å². The number of hydrogen-bond acceptors (Lipinski definition) is 2. The summed E-state index contributed by atoms with van der Waals surface area (Å²) in [5, 5.41) is 5.72. The summed E-state index contributed by atoms with van der Waals surface area (Å²) in [4.78, 5) is 0. The normalized spacial score (nSPS) is 10.9. The van der Waals surface area contributed by atoms with Crippen molar-refractivity contribution in [3.05, 3.63) is 52.0 Å². The molecule has 0 bridgehead atoms. The van der Waals surface area contributed by atoms with Crippen molar-refractivity contribution in [1.29, 1.82) is 0 Å². The summed E-state index contributed by atoms with van der Waals surface area (Å²) < 4.78 is 6.39. The molecule has 0 aliphatic rings. The van der Waals surface area contributed by atoms with Gasteiger partial charge in [-0.25, -0.2) is 0 Å². The standard InChI is InChI=1S/C13H7BrClNO/c14-9-3-6-12-11(7-9)13(17-16-12)8-1-4-10(15)5-2-8/h1-7H. The first-order chi connectivity index (χ1) is 8.24. The third kappa shape index (κ3) is 1.96. The molecule has 4 heteroatoms. The quantitative estimate of drug-likeness (QED) is 0.638. The van der Waals surface area contributed by atoms with E-state index < -0.39 is 0 Å². The van der Waals surface area contributed by atoms with E-state index >= 15 is 0 Å². The van der Waals surface area contributed by atoms with E-state index in [1.165, 1.54) is 0 Å². The molecule has 0 N–H and O–H groups in total. The van der Waals surface area contributed by atoms with Gasteiger partial charge in [0.05, 0.1) is 5.39 Å². The molecule has 0 saturated carbocycles. The lowest BCUT2D eigenvalue weighted by Crippen LogP contribution is -1.75. The first-order valence-electron chi connectivity index (χ1n) is 5.05. The SMILES string of the molecule is Clc1ccc(-c2onc3ccc(Br)cc23)cc1. The van der Waals surface area contributed by atoms with Gasteiger partial charge in [-0.1, -0.05) is 32.7 Å². The van der Waals surface area contributed by atoms with Gasteiger partial charge in [-0.15, -0.1) is 0 Å². The van der Waals surface area contributed by atoms with Crippen molar-refractivity contribution in [2.75, 3.05) is 0 Å². The highest BCUT2D eigenvalue weighted by atomic mass is 79.9. The molecule has 0 aliphatic heterocycles. The fourth-order valence-electron chi connectivity index (χ4n) is 1.72. The molecule has 17 heavy (non-hydrogen) atoms. The van der Waals surface area contributed by atoms with E-state index in [4.69, 9.17) is 16.1 Å². The Morgan fingerprint density at radius 1 is 1.06 bits per heavy atom. The Labute approximate surface area is 111 Å². The number of nitrogens with zero attached hydrogens (tertiary/aromatic N) is 1. The van der Waals surface area contributed by atoms with Crippen molar-refractivity contribution < 1.29 is 4.52 Å². The van der Waals surface area contributed by atoms with Crippen molar-refractivity contribution >= 4 is 38.4 Å². The first-order valence-corrected chi connectivity index (χ1v) is 6.22. The number of rotatable bonds is 1. The van der Waals surface area contributed by atoms with Crippen LogP contribution in [0, 0.1) is 0 Å². The molecule has 0 saturated heterocycles. The monoisotopic (exact) mass is 307 g/mol. The molecule has 0 radical (unpaired) electrons. The van der Waals surface area contributed by atoms with E-state index in [2.05, 4.69) is 21.1 Å². The highest BCUT2D eigenvalue weighted by molar-refractivity contribution is 9.10. The molecule has 2 nitrogen and oxygen atoms in total. The summed E-state index contributed by atoms with van der Waals surface area (Å²) in [6, 6.07) is 13.4. The third-order valence-electron chi connectivity index (χ3n) is 2.54. The van der Waals surface area contributed by atoms with Gasteiger partial charge < -0.3 is 4.52 Å².